The predicted molar refractivity (Wildman–Crippen MR) is 121 cm³/mol. The second-order valence-electron chi connectivity index (χ2n) is 9.05. The van der Waals surface area contributed by atoms with Crippen molar-refractivity contribution in [3.8, 4) is 0 Å². The fourth-order valence-electron chi connectivity index (χ4n) is 2.77. The van der Waals surface area contributed by atoms with Crippen LogP contribution in [0.15, 0.2) is 35.7 Å². The summed E-state index contributed by atoms with van der Waals surface area (Å²) >= 11 is 1.57. The summed E-state index contributed by atoms with van der Waals surface area (Å²) in [6.07, 6.45) is 0.477. The molecule has 0 saturated carbocycles. The molecule has 1 atom stereocenters. The molecule has 0 aliphatic carbocycles. The number of amides is 2. The van der Waals surface area contributed by atoms with E-state index < -0.39 is 17.2 Å². The Labute approximate surface area is 183 Å². The summed E-state index contributed by atoms with van der Waals surface area (Å²) in [6, 6.07) is 10.1. The average molecular weight is 432 g/mol. The Hall–Kier alpha value is -2.41. The van der Waals surface area contributed by atoms with Gasteiger partial charge in [0.25, 0.3) is 0 Å². The van der Waals surface area contributed by atoms with Crippen molar-refractivity contribution in [1.29, 1.82) is 0 Å². The van der Waals surface area contributed by atoms with E-state index in [0.29, 0.717) is 0 Å². The fraction of sp³-hybridized carbons (Fsp3) is 0.522. The van der Waals surface area contributed by atoms with E-state index in [4.69, 9.17) is 4.74 Å². The lowest BCUT2D eigenvalue weighted by Gasteiger charge is -2.35. The number of thiazole rings is 1. The van der Waals surface area contributed by atoms with Gasteiger partial charge in [0.2, 0.25) is 5.91 Å². The van der Waals surface area contributed by atoms with Gasteiger partial charge in [-0.05, 0) is 39.2 Å². The molecule has 0 radical (unpaired) electrons. The average Bonchev–Trinajstić information content (AvgIpc) is 3.06. The van der Waals surface area contributed by atoms with Gasteiger partial charge < -0.3 is 15.4 Å². The number of rotatable bonds is 8. The maximum atomic E-state index is 12.7. The summed E-state index contributed by atoms with van der Waals surface area (Å²) in [7, 11) is 0. The Morgan fingerprint density at radius 3 is 2.40 bits per heavy atom. The lowest BCUT2D eigenvalue weighted by molar-refractivity contribution is -0.122. The minimum absolute atomic E-state index is 0.112. The molecule has 2 N–H and O–H groups in total. The van der Waals surface area contributed by atoms with Gasteiger partial charge in [-0.15, -0.1) is 11.3 Å². The van der Waals surface area contributed by atoms with Crippen LogP contribution >= 0.6 is 11.3 Å². The van der Waals surface area contributed by atoms with E-state index in [2.05, 4.69) is 27.8 Å². The van der Waals surface area contributed by atoms with Gasteiger partial charge in [0.15, 0.2) is 0 Å². The standard InChI is InChI=1S/C23H33N3O3S/c1-16(2)23(6,15-24-21(28)29-22(3,4)5)26-19(27)13-18-14-30-20(25-18)12-17-10-8-7-9-11-17/h7-11,14,16H,12-13,15H2,1-6H3,(H,24,28)(H,26,27). The molecular formula is C23H33N3O3S. The predicted octanol–water partition coefficient (Wildman–Crippen LogP) is 4.33. The van der Waals surface area contributed by atoms with Crippen molar-refractivity contribution in [1.82, 2.24) is 15.6 Å². The third kappa shape index (κ3) is 7.78. The molecule has 1 unspecified atom stereocenters. The van der Waals surface area contributed by atoms with E-state index >= 15 is 0 Å². The van der Waals surface area contributed by atoms with Crippen LogP contribution in [0, 0.1) is 5.92 Å². The number of benzene rings is 1. The van der Waals surface area contributed by atoms with Crippen LogP contribution in [-0.4, -0.2) is 34.7 Å². The van der Waals surface area contributed by atoms with Crippen molar-refractivity contribution in [3.63, 3.8) is 0 Å². The van der Waals surface area contributed by atoms with E-state index in [1.165, 1.54) is 5.56 Å². The highest BCUT2D eigenvalue weighted by Gasteiger charge is 2.31. The highest BCUT2D eigenvalue weighted by atomic mass is 32.1. The van der Waals surface area contributed by atoms with Crippen LogP contribution in [0.1, 0.15) is 57.8 Å². The Balaban J connectivity index is 1.92. The molecule has 7 heteroatoms. The van der Waals surface area contributed by atoms with Gasteiger partial charge in [0, 0.05) is 18.3 Å². The van der Waals surface area contributed by atoms with E-state index in [1.807, 2.05) is 65.1 Å². The maximum Gasteiger partial charge on any atom is 0.407 e. The summed E-state index contributed by atoms with van der Waals surface area (Å²) in [5.74, 6) is -0.00536. The number of ether oxygens (including phenoxy) is 1. The summed E-state index contributed by atoms with van der Waals surface area (Å²) in [4.78, 5) is 29.3. The number of aromatic nitrogens is 1. The molecule has 0 bridgehead atoms. The van der Waals surface area contributed by atoms with Crippen LogP contribution in [0.4, 0.5) is 4.79 Å². The van der Waals surface area contributed by atoms with Crippen molar-refractivity contribution in [2.45, 2.75) is 65.5 Å². The zero-order valence-electron chi connectivity index (χ0n) is 18.7. The van der Waals surface area contributed by atoms with Crippen molar-refractivity contribution in [3.05, 3.63) is 52.0 Å². The van der Waals surface area contributed by atoms with Crippen LogP contribution in [0.5, 0.6) is 0 Å². The van der Waals surface area contributed by atoms with E-state index in [-0.39, 0.29) is 24.8 Å². The minimum Gasteiger partial charge on any atom is -0.444 e. The number of alkyl carbamates (subject to hydrolysis) is 1. The summed E-state index contributed by atoms with van der Waals surface area (Å²) < 4.78 is 5.29. The monoisotopic (exact) mass is 431 g/mol. The van der Waals surface area contributed by atoms with Gasteiger partial charge in [-0.25, -0.2) is 9.78 Å². The lowest BCUT2D eigenvalue weighted by Crippen LogP contribution is -2.57. The van der Waals surface area contributed by atoms with Crippen molar-refractivity contribution < 1.29 is 14.3 Å². The zero-order valence-corrected chi connectivity index (χ0v) is 19.6. The molecule has 6 nitrogen and oxygen atoms in total. The number of nitrogens with one attached hydrogen (secondary N) is 2. The van der Waals surface area contributed by atoms with Crippen molar-refractivity contribution >= 4 is 23.3 Å². The number of carbonyl (C=O) groups excluding carboxylic acids is 2. The quantitative estimate of drug-likeness (QED) is 0.652. The third-order valence-electron chi connectivity index (χ3n) is 4.84. The molecule has 0 aliphatic rings. The number of hydrogen-bond acceptors (Lipinski definition) is 5. The first kappa shape index (κ1) is 23.9. The summed E-state index contributed by atoms with van der Waals surface area (Å²) in [6.45, 7) is 11.7. The first-order valence-corrected chi connectivity index (χ1v) is 11.1. The van der Waals surface area contributed by atoms with Crippen LogP contribution in [0.3, 0.4) is 0 Å². The number of nitrogens with zero attached hydrogens (tertiary/aromatic N) is 1. The van der Waals surface area contributed by atoms with Gasteiger partial charge in [0.05, 0.1) is 22.7 Å². The van der Waals surface area contributed by atoms with Gasteiger partial charge in [-0.3, -0.25) is 4.79 Å². The largest absolute Gasteiger partial charge is 0.444 e. The van der Waals surface area contributed by atoms with Crippen molar-refractivity contribution in [2.75, 3.05) is 6.54 Å². The van der Waals surface area contributed by atoms with Crippen LogP contribution in [-0.2, 0) is 22.4 Å². The number of hydrogen-bond donors (Lipinski definition) is 2. The van der Waals surface area contributed by atoms with Crippen LogP contribution in [0.25, 0.3) is 0 Å². The molecule has 2 amide bonds. The Morgan fingerprint density at radius 1 is 1.13 bits per heavy atom. The molecule has 0 aliphatic heterocycles. The molecular weight excluding hydrogens is 398 g/mol. The topological polar surface area (TPSA) is 80.3 Å². The first-order chi connectivity index (χ1) is 14.0. The molecule has 164 valence electrons. The molecule has 1 heterocycles. The van der Waals surface area contributed by atoms with E-state index in [0.717, 1.165) is 17.1 Å². The van der Waals surface area contributed by atoms with Crippen LogP contribution in [0.2, 0.25) is 0 Å². The van der Waals surface area contributed by atoms with Gasteiger partial charge in [-0.2, -0.15) is 0 Å². The van der Waals surface area contributed by atoms with Gasteiger partial charge >= 0.3 is 6.09 Å². The zero-order chi connectivity index (χ0) is 22.4. The van der Waals surface area contributed by atoms with Crippen LogP contribution < -0.4 is 10.6 Å². The van der Waals surface area contributed by atoms with Gasteiger partial charge in [-0.1, -0.05) is 44.2 Å². The Morgan fingerprint density at radius 2 is 1.80 bits per heavy atom. The first-order valence-electron chi connectivity index (χ1n) is 10.2. The Bertz CT molecular complexity index is 843. The summed E-state index contributed by atoms with van der Waals surface area (Å²) in [5.41, 5.74) is 0.790. The highest BCUT2D eigenvalue weighted by Crippen LogP contribution is 2.18. The van der Waals surface area contributed by atoms with E-state index in [1.54, 1.807) is 11.3 Å². The summed E-state index contributed by atoms with van der Waals surface area (Å²) in [5, 5.41) is 8.77. The third-order valence-corrected chi connectivity index (χ3v) is 5.73. The second-order valence-corrected chi connectivity index (χ2v) is 9.99. The normalized spacial score (nSPS) is 13.6. The minimum atomic E-state index is -0.600. The molecule has 2 rings (SSSR count). The molecule has 0 fully saturated rings. The highest BCUT2D eigenvalue weighted by molar-refractivity contribution is 7.09. The SMILES string of the molecule is CC(C)C(C)(CNC(=O)OC(C)(C)C)NC(=O)Cc1csc(Cc2ccccc2)n1. The Kier molecular flexibility index (Phi) is 8.01. The number of carbonyl (C=O) groups is 2. The maximum absolute atomic E-state index is 12.7. The molecule has 2 aromatic rings. The molecule has 1 aromatic heterocycles. The molecule has 0 saturated heterocycles. The lowest BCUT2D eigenvalue weighted by atomic mass is 9.88. The molecule has 0 spiro atoms. The van der Waals surface area contributed by atoms with Crippen molar-refractivity contribution in [2.24, 2.45) is 5.92 Å². The molecule has 1 aromatic carbocycles. The second kappa shape index (κ2) is 10.1. The van der Waals surface area contributed by atoms with E-state index in [9.17, 15) is 9.59 Å². The smallest absolute Gasteiger partial charge is 0.407 e. The fourth-order valence-corrected chi connectivity index (χ4v) is 3.60. The molecule has 30 heavy (non-hydrogen) atoms. The van der Waals surface area contributed by atoms with Gasteiger partial charge in [0.1, 0.15) is 5.60 Å².